The molecule has 69 valence electrons. The quantitative estimate of drug-likeness (QED) is 0.296. The molecule has 4 nitrogen and oxygen atoms in total. The summed E-state index contributed by atoms with van der Waals surface area (Å²) in [5, 5.41) is 8.82. The largest absolute Gasteiger partial charge is 0.359 e. The highest BCUT2D eigenvalue weighted by Crippen LogP contribution is 1.99. The average Bonchev–Trinajstić information content (AvgIpc) is 2.05. The molecule has 5 N–H and O–H groups in total. The minimum Gasteiger partial charge on any atom is -0.359 e. The van der Waals surface area contributed by atoms with Crippen molar-refractivity contribution >= 4 is 0 Å². The molecule has 1 radical (unpaired) electrons. The van der Waals surface area contributed by atoms with E-state index in [2.05, 4.69) is 5.92 Å². The van der Waals surface area contributed by atoms with E-state index in [0.717, 1.165) is 19.3 Å². The van der Waals surface area contributed by atoms with Crippen molar-refractivity contribution in [3.05, 3.63) is 6.29 Å². The zero-order chi connectivity index (χ0) is 9.23. The molecule has 0 unspecified atom stereocenters. The summed E-state index contributed by atoms with van der Waals surface area (Å²) in [6.45, 7) is 1.15. The van der Waals surface area contributed by atoms with Gasteiger partial charge in [-0.1, -0.05) is 0 Å². The Balaban J connectivity index is 3.12. The van der Waals surface area contributed by atoms with Crippen LogP contribution < -0.4 is 11.5 Å². The first kappa shape index (κ1) is 11.2. The Labute approximate surface area is 72.9 Å². The average molecular weight is 171 g/mol. The molecule has 0 aromatic rings. The van der Waals surface area contributed by atoms with Crippen molar-refractivity contribution < 1.29 is 9.84 Å². The Hall–Kier alpha value is -0.760. The number of rotatable bonds is 6. The number of ether oxygens (including phenoxy) is 1. The maximum absolute atomic E-state index is 8.82. The summed E-state index contributed by atoms with van der Waals surface area (Å²) >= 11 is 0. The van der Waals surface area contributed by atoms with Crippen LogP contribution in [0.4, 0.5) is 0 Å². The van der Waals surface area contributed by atoms with Crippen LogP contribution >= 0.6 is 0 Å². The zero-order valence-electron chi connectivity index (χ0n) is 7.05. The van der Waals surface area contributed by atoms with Gasteiger partial charge in [-0.05, 0) is 31.7 Å². The molecule has 0 aliphatic rings. The van der Waals surface area contributed by atoms with Crippen LogP contribution in [0, 0.1) is 18.3 Å². The number of hydrogen-bond acceptors (Lipinski definition) is 4. The van der Waals surface area contributed by atoms with Crippen LogP contribution in [0.1, 0.15) is 19.3 Å². The van der Waals surface area contributed by atoms with E-state index in [1.807, 2.05) is 6.04 Å². The van der Waals surface area contributed by atoms with Crippen LogP contribution in [0.25, 0.3) is 0 Å². The van der Waals surface area contributed by atoms with E-state index in [9.17, 15) is 0 Å². The lowest BCUT2D eigenvalue weighted by Crippen LogP contribution is -2.03. The topological polar surface area (TPSA) is 81.5 Å². The predicted octanol–water partition coefficient (Wildman–Crippen LogP) is -0.0864. The minimum absolute atomic E-state index is 0.315. The van der Waals surface area contributed by atoms with Gasteiger partial charge in [0.1, 0.15) is 0 Å². The first-order valence-electron chi connectivity index (χ1n) is 3.91. The van der Waals surface area contributed by atoms with E-state index in [1.54, 1.807) is 0 Å². The number of hydrogen-bond donors (Lipinski definition) is 3. The molecule has 0 atom stereocenters. The van der Waals surface area contributed by atoms with E-state index < -0.39 is 0 Å². The molecule has 0 fully saturated rings. The van der Waals surface area contributed by atoms with Crippen molar-refractivity contribution in [3.63, 3.8) is 0 Å². The third kappa shape index (κ3) is 7.35. The van der Waals surface area contributed by atoms with Crippen molar-refractivity contribution in [2.45, 2.75) is 19.3 Å². The van der Waals surface area contributed by atoms with Gasteiger partial charge in [0, 0.05) is 6.04 Å². The highest BCUT2D eigenvalue weighted by molar-refractivity contribution is 5.07. The normalized spacial score (nSPS) is 9.58. The molecule has 0 aromatic carbocycles. The fourth-order valence-corrected chi connectivity index (χ4v) is 0.690. The van der Waals surface area contributed by atoms with Gasteiger partial charge in [0.25, 0.3) is 0 Å². The van der Waals surface area contributed by atoms with Crippen molar-refractivity contribution in [1.82, 2.24) is 0 Å². The first-order chi connectivity index (χ1) is 5.81. The smallest absolute Gasteiger partial charge is 0.302 e. The van der Waals surface area contributed by atoms with E-state index in [0.29, 0.717) is 13.2 Å². The Bertz CT molecular complexity index is 151. The molecule has 0 saturated carbocycles. The van der Waals surface area contributed by atoms with Gasteiger partial charge in [-0.2, -0.15) is 0 Å². The zero-order valence-corrected chi connectivity index (χ0v) is 7.05. The fourth-order valence-electron chi connectivity index (χ4n) is 0.690. The van der Waals surface area contributed by atoms with E-state index in [-0.39, 0.29) is 6.29 Å². The molecule has 12 heavy (non-hydrogen) atoms. The van der Waals surface area contributed by atoms with Crippen molar-refractivity contribution in [3.8, 4) is 12.0 Å². The molecule has 0 rings (SSSR count). The van der Waals surface area contributed by atoms with Crippen molar-refractivity contribution in [2.75, 3.05) is 13.2 Å². The van der Waals surface area contributed by atoms with E-state index in [1.165, 1.54) is 0 Å². The molecular formula is C8H15N2O2. The summed E-state index contributed by atoms with van der Waals surface area (Å²) < 4.78 is 4.81. The number of aliphatic hydroxyl groups excluding tert-OH is 1. The number of nitrogens with two attached hydrogens (primary N) is 2. The molecule has 0 spiro atoms. The summed E-state index contributed by atoms with van der Waals surface area (Å²) in [5.41, 5.74) is 10.1. The maximum atomic E-state index is 8.82. The second-order valence-corrected chi connectivity index (χ2v) is 2.27. The molecular weight excluding hydrogens is 156 g/mol. The van der Waals surface area contributed by atoms with E-state index >= 15 is 0 Å². The first-order valence-corrected chi connectivity index (χ1v) is 3.91. The lowest BCUT2D eigenvalue weighted by Gasteiger charge is -2.02. The van der Waals surface area contributed by atoms with Crippen molar-refractivity contribution in [1.29, 1.82) is 0 Å². The molecule has 0 aromatic heterocycles. The van der Waals surface area contributed by atoms with Gasteiger partial charge in [-0.3, -0.25) is 0 Å². The predicted molar refractivity (Wildman–Crippen MR) is 46.0 cm³/mol. The summed E-state index contributed by atoms with van der Waals surface area (Å²) in [4.78, 5) is 0. The summed E-state index contributed by atoms with van der Waals surface area (Å²) in [5.74, 6) is 2.19. The van der Waals surface area contributed by atoms with Gasteiger partial charge < -0.3 is 21.3 Å². The van der Waals surface area contributed by atoms with Gasteiger partial charge in [-0.25, -0.2) is 0 Å². The maximum Gasteiger partial charge on any atom is 0.302 e. The van der Waals surface area contributed by atoms with Crippen LogP contribution in [0.2, 0.25) is 0 Å². The van der Waals surface area contributed by atoms with Crippen LogP contribution in [0.3, 0.4) is 0 Å². The Morgan fingerprint density at radius 1 is 1.33 bits per heavy atom. The van der Waals surface area contributed by atoms with Crippen LogP contribution in [0.5, 0.6) is 0 Å². The highest BCUT2D eigenvalue weighted by atomic mass is 16.6. The number of unbranched alkanes of at least 4 members (excludes halogenated alkanes) is 2. The van der Waals surface area contributed by atoms with Crippen molar-refractivity contribution in [2.24, 2.45) is 11.5 Å². The molecule has 0 bridgehead atoms. The monoisotopic (exact) mass is 171 g/mol. The third-order valence-corrected chi connectivity index (χ3v) is 1.27. The summed E-state index contributed by atoms with van der Waals surface area (Å²) in [6, 6.07) is 2.04. The lowest BCUT2D eigenvalue weighted by molar-refractivity contribution is 0.0359. The van der Waals surface area contributed by atoms with Crippen LogP contribution in [-0.4, -0.2) is 18.3 Å². The molecule has 4 heteroatoms. The molecule has 0 heterocycles. The van der Waals surface area contributed by atoms with Crippen LogP contribution in [-0.2, 0) is 4.74 Å². The summed E-state index contributed by atoms with van der Waals surface area (Å²) in [7, 11) is 0. The molecule has 0 amide bonds. The third-order valence-electron chi connectivity index (χ3n) is 1.27. The Morgan fingerprint density at radius 3 is 2.67 bits per heavy atom. The molecule has 0 saturated heterocycles. The van der Waals surface area contributed by atoms with Crippen LogP contribution in [0.15, 0.2) is 0 Å². The Morgan fingerprint density at radius 2 is 2.08 bits per heavy atom. The van der Waals surface area contributed by atoms with Gasteiger partial charge in [-0.15, -0.1) is 0 Å². The van der Waals surface area contributed by atoms with E-state index in [4.69, 9.17) is 21.3 Å². The second kappa shape index (κ2) is 8.34. The lowest BCUT2D eigenvalue weighted by atomic mass is 10.2. The van der Waals surface area contributed by atoms with Gasteiger partial charge in [0.05, 0.1) is 6.61 Å². The fraction of sp³-hybridized carbons (Fsp3) is 0.625. The Kier molecular flexibility index (Phi) is 7.81. The number of aliphatic hydroxyl groups is 1. The molecule has 0 aliphatic heterocycles. The van der Waals surface area contributed by atoms with Gasteiger partial charge in [0.2, 0.25) is 0 Å². The summed E-state index contributed by atoms with van der Waals surface area (Å²) in [6.07, 6.45) is 2.53. The SMILES string of the molecule is NC#C[C](O)OCCCCCN. The highest BCUT2D eigenvalue weighted by Gasteiger charge is 1.99. The second-order valence-electron chi connectivity index (χ2n) is 2.27. The minimum atomic E-state index is -0.315. The molecule has 0 aliphatic carbocycles. The standard InChI is InChI=1S/C8H15N2O2/c9-5-2-1-3-7-12-8(11)4-6-10/h11H,1-3,5,7,9-10H2. The van der Waals surface area contributed by atoms with Gasteiger partial charge in [0.15, 0.2) is 0 Å². The van der Waals surface area contributed by atoms with Gasteiger partial charge >= 0.3 is 6.29 Å².